The Labute approximate surface area is 114 Å². The molecule has 0 saturated heterocycles. The number of hydrogen-bond donors (Lipinski definition) is 2. The van der Waals surface area contributed by atoms with Crippen molar-refractivity contribution in [2.45, 2.75) is 13.0 Å². The maximum Gasteiger partial charge on any atom is 0.119 e. The summed E-state index contributed by atoms with van der Waals surface area (Å²) in [5.74, 6) is 2.54. The van der Waals surface area contributed by atoms with Crippen LogP contribution in [0.2, 0.25) is 0 Å². The third-order valence-corrected chi connectivity index (χ3v) is 3.66. The van der Waals surface area contributed by atoms with Crippen molar-refractivity contribution in [3.8, 4) is 5.75 Å². The summed E-state index contributed by atoms with van der Waals surface area (Å²) < 4.78 is 5.15. The van der Waals surface area contributed by atoms with E-state index >= 15 is 0 Å². The predicted octanol–water partition coefficient (Wildman–Crippen LogP) is 2.32. The van der Waals surface area contributed by atoms with E-state index in [-0.39, 0.29) is 0 Å². The van der Waals surface area contributed by atoms with Gasteiger partial charge in [-0.2, -0.15) is 11.8 Å². The van der Waals surface area contributed by atoms with Crippen LogP contribution in [0.15, 0.2) is 24.3 Å². The molecular formula is C14H23NO2S. The Balaban J connectivity index is 2.37. The second-order valence-electron chi connectivity index (χ2n) is 4.51. The summed E-state index contributed by atoms with van der Waals surface area (Å²) in [4.78, 5) is 0. The number of rotatable bonds is 8. The van der Waals surface area contributed by atoms with Crippen LogP contribution in [0, 0.1) is 5.92 Å². The first kappa shape index (κ1) is 15.3. The summed E-state index contributed by atoms with van der Waals surface area (Å²) in [6.07, 6.45) is 1.63. The topological polar surface area (TPSA) is 41.5 Å². The Bertz CT molecular complexity index is 346. The molecular weight excluding hydrogens is 246 g/mol. The summed E-state index contributed by atoms with van der Waals surface area (Å²) in [7, 11) is 1.63. The molecule has 0 aliphatic heterocycles. The molecule has 4 heteroatoms. The zero-order chi connectivity index (χ0) is 13.4. The molecule has 2 unspecified atom stereocenters. The first-order valence-electron chi connectivity index (χ1n) is 6.19. The lowest BCUT2D eigenvalue weighted by Gasteiger charge is -2.15. The van der Waals surface area contributed by atoms with Crippen molar-refractivity contribution in [3.63, 3.8) is 0 Å². The van der Waals surface area contributed by atoms with E-state index in [0.29, 0.717) is 12.5 Å². The molecule has 1 aromatic rings. The van der Waals surface area contributed by atoms with E-state index in [1.807, 2.05) is 36.0 Å². The van der Waals surface area contributed by atoms with Crippen LogP contribution >= 0.6 is 11.8 Å². The molecule has 2 atom stereocenters. The third kappa shape index (κ3) is 5.29. The molecule has 0 aromatic heterocycles. The highest BCUT2D eigenvalue weighted by Gasteiger charge is 2.08. The van der Waals surface area contributed by atoms with Crippen LogP contribution < -0.4 is 10.1 Å². The van der Waals surface area contributed by atoms with E-state index in [1.165, 1.54) is 0 Å². The molecule has 1 aromatic carbocycles. The Morgan fingerprint density at radius 2 is 2.17 bits per heavy atom. The Morgan fingerprint density at radius 1 is 1.39 bits per heavy atom. The highest BCUT2D eigenvalue weighted by Crippen LogP contribution is 2.18. The summed E-state index contributed by atoms with van der Waals surface area (Å²) in [5, 5.41) is 13.4. The van der Waals surface area contributed by atoms with Crippen molar-refractivity contribution < 1.29 is 9.84 Å². The summed E-state index contributed by atoms with van der Waals surface area (Å²) in [5.41, 5.74) is 0.888. The van der Waals surface area contributed by atoms with Gasteiger partial charge in [0.15, 0.2) is 0 Å². The van der Waals surface area contributed by atoms with E-state index in [1.54, 1.807) is 7.11 Å². The van der Waals surface area contributed by atoms with E-state index in [9.17, 15) is 5.11 Å². The smallest absolute Gasteiger partial charge is 0.119 e. The SMILES string of the molecule is COc1cccc(C(O)CNCC(C)CSC)c1. The standard InChI is InChI=1S/C14H23NO2S/c1-11(10-18-3)8-15-9-14(16)12-5-4-6-13(7-12)17-2/h4-7,11,14-16H,8-10H2,1-3H3. The zero-order valence-electron chi connectivity index (χ0n) is 11.3. The minimum Gasteiger partial charge on any atom is -0.497 e. The van der Waals surface area contributed by atoms with Gasteiger partial charge >= 0.3 is 0 Å². The third-order valence-electron chi connectivity index (χ3n) is 2.76. The quantitative estimate of drug-likeness (QED) is 0.760. The molecule has 18 heavy (non-hydrogen) atoms. The van der Waals surface area contributed by atoms with Gasteiger partial charge in [-0.1, -0.05) is 19.1 Å². The van der Waals surface area contributed by atoms with Gasteiger partial charge in [0.05, 0.1) is 13.2 Å². The van der Waals surface area contributed by atoms with Crippen LogP contribution in [0.5, 0.6) is 5.75 Å². The van der Waals surface area contributed by atoms with Crippen molar-refractivity contribution >= 4 is 11.8 Å². The van der Waals surface area contributed by atoms with Crippen LogP contribution in [0.4, 0.5) is 0 Å². The molecule has 3 nitrogen and oxygen atoms in total. The Hall–Kier alpha value is -0.710. The maximum atomic E-state index is 10.1. The van der Waals surface area contributed by atoms with Gasteiger partial charge in [0, 0.05) is 6.54 Å². The molecule has 2 N–H and O–H groups in total. The second kappa shape index (κ2) is 8.40. The first-order valence-corrected chi connectivity index (χ1v) is 7.58. The van der Waals surface area contributed by atoms with Crippen molar-refractivity contribution in [2.75, 3.05) is 32.2 Å². The van der Waals surface area contributed by atoms with Crippen LogP contribution in [-0.4, -0.2) is 37.3 Å². The van der Waals surface area contributed by atoms with Crippen LogP contribution in [-0.2, 0) is 0 Å². The lowest BCUT2D eigenvalue weighted by atomic mass is 10.1. The maximum absolute atomic E-state index is 10.1. The number of methoxy groups -OCH3 is 1. The molecule has 0 heterocycles. The fourth-order valence-electron chi connectivity index (χ4n) is 1.78. The molecule has 0 amide bonds. The highest BCUT2D eigenvalue weighted by atomic mass is 32.2. The van der Waals surface area contributed by atoms with Gasteiger partial charge in [0.2, 0.25) is 0 Å². The monoisotopic (exact) mass is 269 g/mol. The molecule has 0 radical (unpaired) electrons. The molecule has 102 valence electrons. The Morgan fingerprint density at radius 3 is 2.83 bits per heavy atom. The van der Waals surface area contributed by atoms with E-state index in [4.69, 9.17) is 4.74 Å². The molecule has 0 aliphatic rings. The van der Waals surface area contributed by atoms with Gasteiger partial charge in [-0.25, -0.2) is 0 Å². The van der Waals surface area contributed by atoms with Gasteiger partial charge < -0.3 is 15.2 Å². The molecule has 1 rings (SSSR count). The molecule has 0 fully saturated rings. The summed E-state index contributed by atoms with van der Waals surface area (Å²) in [6, 6.07) is 7.57. The fourth-order valence-corrected chi connectivity index (χ4v) is 2.46. The second-order valence-corrected chi connectivity index (χ2v) is 5.42. The van der Waals surface area contributed by atoms with Crippen molar-refractivity contribution in [1.82, 2.24) is 5.32 Å². The molecule has 0 bridgehead atoms. The van der Waals surface area contributed by atoms with E-state index in [2.05, 4.69) is 18.5 Å². The van der Waals surface area contributed by atoms with Crippen molar-refractivity contribution in [1.29, 1.82) is 0 Å². The lowest BCUT2D eigenvalue weighted by molar-refractivity contribution is 0.173. The highest BCUT2D eigenvalue weighted by molar-refractivity contribution is 7.98. The molecule has 0 spiro atoms. The number of aliphatic hydroxyl groups is 1. The van der Waals surface area contributed by atoms with E-state index in [0.717, 1.165) is 23.6 Å². The molecule has 0 aliphatic carbocycles. The number of hydrogen-bond acceptors (Lipinski definition) is 4. The lowest BCUT2D eigenvalue weighted by Crippen LogP contribution is -2.27. The average molecular weight is 269 g/mol. The van der Waals surface area contributed by atoms with Crippen LogP contribution in [0.25, 0.3) is 0 Å². The van der Waals surface area contributed by atoms with Crippen molar-refractivity contribution in [2.24, 2.45) is 5.92 Å². The number of benzene rings is 1. The fraction of sp³-hybridized carbons (Fsp3) is 0.571. The van der Waals surface area contributed by atoms with Gasteiger partial charge in [0.25, 0.3) is 0 Å². The number of ether oxygens (including phenoxy) is 1. The predicted molar refractivity (Wildman–Crippen MR) is 78.4 cm³/mol. The van der Waals surface area contributed by atoms with Crippen LogP contribution in [0.3, 0.4) is 0 Å². The zero-order valence-corrected chi connectivity index (χ0v) is 12.2. The van der Waals surface area contributed by atoms with Gasteiger partial charge in [0.1, 0.15) is 5.75 Å². The minimum absolute atomic E-state index is 0.485. The van der Waals surface area contributed by atoms with E-state index < -0.39 is 6.10 Å². The average Bonchev–Trinajstić information content (AvgIpc) is 2.39. The van der Waals surface area contributed by atoms with Crippen LogP contribution in [0.1, 0.15) is 18.6 Å². The first-order chi connectivity index (χ1) is 8.67. The van der Waals surface area contributed by atoms with Gasteiger partial charge in [-0.3, -0.25) is 0 Å². The normalized spacial score (nSPS) is 14.2. The van der Waals surface area contributed by atoms with Crippen molar-refractivity contribution in [3.05, 3.63) is 29.8 Å². The number of thioether (sulfide) groups is 1. The molecule has 0 saturated carbocycles. The Kier molecular flexibility index (Phi) is 7.16. The van der Waals surface area contributed by atoms with Gasteiger partial charge in [-0.05, 0) is 42.2 Å². The largest absolute Gasteiger partial charge is 0.497 e. The number of aliphatic hydroxyl groups excluding tert-OH is 1. The van der Waals surface area contributed by atoms with Gasteiger partial charge in [-0.15, -0.1) is 0 Å². The minimum atomic E-state index is -0.485. The summed E-state index contributed by atoms with van der Waals surface area (Å²) >= 11 is 1.85. The summed E-state index contributed by atoms with van der Waals surface area (Å²) in [6.45, 7) is 3.72. The number of nitrogens with one attached hydrogen (secondary N) is 1.